The monoisotopic (exact) mass is 213 g/mol. The molecule has 0 radical (unpaired) electrons. The first-order chi connectivity index (χ1) is 7.09. The van der Waals surface area contributed by atoms with Crippen molar-refractivity contribution >= 4 is 0 Å². The number of hydrogen-bond acceptors (Lipinski definition) is 2. The molecule has 2 nitrogen and oxygen atoms in total. The van der Waals surface area contributed by atoms with Crippen LogP contribution < -0.4 is 5.73 Å². The molecule has 0 unspecified atom stereocenters. The molecule has 1 aliphatic carbocycles. The molecule has 0 spiro atoms. The molecule has 1 atom stereocenters. The minimum absolute atomic E-state index is 0.0955. The average Bonchev–Trinajstić information content (AvgIpc) is 2.96. The Morgan fingerprint density at radius 3 is 2.53 bits per heavy atom. The molecule has 1 saturated carbocycles. The Morgan fingerprint density at radius 2 is 1.93 bits per heavy atom. The van der Waals surface area contributed by atoms with E-state index in [1.165, 1.54) is 0 Å². The molecule has 3 N–H and O–H groups in total. The van der Waals surface area contributed by atoms with Crippen molar-refractivity contribution in [3.63, 3.8) is 0 Å². The number of hydrogen-bond donors (Lipinski definition) is 2. The van der Waals surface area contributed by atoms with E-state index in [2.05, 4.69) is 0 Å². The number of halogens is 2. The van der Waals surface area contributed by atoms with Gasteiger partial charge in [0.05, 0.1) is 0 Å². The largest absolute Gasteiger partial charge is 0.505 e. The Balaban J connectivity index is 2.27. The molecule has 1 aromatic carbocycles. The van der Waals surface area contributed by atoms with Crippen molar-refractivity contribution in [3.8, 4) is 5.75 Å². The molecule has 0 amide bonds. The van der Waals surface area contributed by atoms with E-state index in [1.54, 1.807) is 0 Å². The number of aromatic hydroxyl groups is 1. The van der Waals surface area contributed by atoms with Gasteiger partial charge in [0.25, 0.3) is 0 Å². The Hall–Kier alpha value is -1.16. The third-order valence-electron chi connectivity index (χ3n) is 2.77. The minimum atomic E-state index is -0.822. The number of phenols is 1. The summed E-state index contributed by atoms with van der Waals surface area (Å²) in [5, 5.41) is 9.39. The third-order valence-corrected chi connectivity index (χ3v) is 2.77. The lowest BCUT2D eigenvalue weighted by atomic mass is 10.0. The second-order valence-electron chi connectivity index (χ2n) is 4.08. The van der Waals surface area contributed by atoms with Crippen LogP contribution in [0, 0.1) is 17.6 Å². The van der Waals surface area contributed by atoms with Gasteiger partial charge >= 0.3 is 0 Å². The van der Waals surface area contributed by atoms with Crippen LogP contribution in [0.5, 0.6) is 5.75 Å². The maximum Gasteiger partial charge on any atom is 0.165 e. The predicted octanol–water partition coefficient (Wildman–Crippen LogP) is 2.47. The molecule has 0 saturated heterocycles. The molecular weight excluding hydrogens is 200 g/mol. The molecule has 1 aromatic rings. The van der Waals surface area contributed by atoms with Gasteiger partial charge in [0.15, 0.2) is 11.6 Å². The van der Waals surface area contributed by atoms with Gasteiger partial charge in [-0.15, -0.1) is 0 Å². The molecule has 0 aromatic heterocycles. The lowest BCUT2D eigenvalue weighted by Crippen LogP contribution is -2.13. The van der Waals surface area contributed by atoms with Gasteiger partial charge in [0, 0.05) is 11.6 Å². The van der Waals surface area contributed by atoms with Crippen LogP contribution in [0.3, 0.4) is 0 Å². The van der Waals surface area contributed by atoms with Crippen molar-refractivity contribution in [2.45, 2.75) is 25.3 Å². The third kappa shape index (κ3) is 2.09. The topological polar surface area (TPSA) is 46.2 Å². The quantitative estimate of drug-likeness (QED) is 0.810. The Morgan fingerprint density at radius 1 is 1.33 bits per heavy atom. The first-order valence-electron chi connectivity index (χ1n) is 5.02. The zero-order valence-electron chi connectivity index (χ0n) is 8.21. The molecule has 0 bridgehead atoms. The van der Waals surface area contributed by atoms with E-state index in [-0.39, 0.29) is 5.56 Å². The SMILES string of the molecule is N[C@@H](CC1CC1)c1c(F)ccc(F)c1O. The standard InChI is InChI=1S/C11H13F2NO/c12-7-3-4-8(13)11(15)10(7)9(14)5-6-1-2-6/h3-4,6,9,15H,1-2,5,14H2/t9-/m0/s1. The smallest absolute Gasteiger partial charge is 0.165 e. The summed E-state index contributed by atoms with van der Waals surface area (Å²) in [5.74, 6) is -1.61. The van der Waals surface area contributed by atoms with Crippen LogP contribution in [0.15, 0.2) is 12.1 Å². The van der Waals surface area contributed by atoms with Crippen molar-refractivity contribution < 1.29 is 13.9 Å². The van der Waals surface area contributed by atoms with E-state index in [4.69, 9.17) is 5.73 Å². The van der Waals surface area contributed by atoms with Crippen LogP contribution in [-0.4, -0.2) is 5.11 Å². The van der Waals surface area contributed by atoms with Crippen molar-refractivity contribution in [2.75, 3.05) is 0 Å². The average molecular weight is 213 g/mol. The van der Waals surface area contributed by atoms with Crippen LogP contribution in [0.25, 0.3) is 0 Å². The maximum absolute atomic E-state index is 13.3. The van der Waals surface area contributed by atoms with Gasteiger partial charge in [-0.2, -0.15) is 0 Å². The van der Waals surface area contributed by atoms with Gasteiger partial charge in [-0.05, 0) is 24.5 Å². The Bertz CT molecular complexity index is 377. The van der Waals surface area contributed by atoms with Gasteiger partial charge in [-0.25, -0.2) is 8.78 Å². The fourth-order valence-electron chi connectivity index (χ4n) is 1.74. The Kier molecular flexibility index (Phi) is 2.61. The molecule has 4 heteroatoms. The summed E-state index contributed by atoms with van der Waals surface area (Å²) in [5.41, 5.74) is 5.64. The highest BCUT2D eigenvalue weighted by atomic mass is 19.1. The predicted molar refractivity (Wildman–Crippen MR) is 52.3 cm³/mol. The lowest BCUT2D eigenvalue weighted by molar-refractivity contribution is 0.405. The number of rotatable bonds is 3. The van der Waals surface area contributed by atoms with Crippen LogP contribution in [0.4, 0.5) is 8.78 Å². The summed E-state index contributed by atoms with van der Waals surface area (Å²) in [6.45, 7) is 0. The van der Waals surface area contributed by atoms with Crippen molar-refractivity contribution in [2.24, 2.45) is 11.7 Å². The molecule has 0 heterocycles. The van der Waals surface area contributed by atoms with E-state index < -0.39 is 23.4 Å². The fourth-order valence-corrected chi connectivity index (χ4v) is 1.74. The van der Waals surface area contributed by atoms with E-state index in [0.717, 1.165) is 25.0 Å². The zero-order valence-corrected chi connectivity index (χ0v) is 8.21. The number of phenolic OH excluding ortho intramolecular Hbond substituents is 1. The number of benzene rings is 1. The summed E-state index contributed by atoms with van der Waals surface area (Å²) in [6.07, 6.45) is 2.78. The molecule has 82 valence electrons. The van der Waals surface area contributed by atoms with Crippen LogP contribution in [0.1, 0.15) is 30.9 Å². The first-order valence-corrected chi connectivity index (χ1v) is 5.02. The Labute approximate surface area is 86.7 Å². The summed E-state index contributed by atoms with van der Waals surface area (Å²) in [7, 11) is 0. The van der Waals surface area contributed by atoms with Gasteiger partial charge < -0.3 is 10.8 Å². The minimum Gasteiger partial charge on any atom is -0.505 e. The van der Waals surface area contributed by atoms with Crippen molar-refractivity contribution in [1.82, 2.24) is 0 Å². The lowest BCUT2D eigenvalue weighted by Gasteiger charge is -2.14. The fraction of sp³-hybridized carbons (Fsp3) is 0.455. The van der Waals surface area contributed by atoms with Crippen molar-refractivity contribution in [1.29, 1.82) is 0 Å². The van der Waals surface area contributed by atoms with E-state index >= 15 is 0 Å². The van der Waals surface area contributed by atoms with E-state index in [1.807, 2.05) is 0 Å². The summed E-state index contributed by atoms with van der Waals surface area (Å²) in [6, 6.07) is 1.28. The number of nitrogens with two attached hydrogens (primary N) is 1. The van der Waals surface area contributed by atoms with Crippen molar-refractivity contribution in [3.05, 3.63) is 29.3 Å². The van der Waals surface area contributed by atoms with Gasteiger partial charge in [-0.1, -0.05) is 12.8 Å². The molecule has 0 aliphatic heterocycles. The highest BCUT2D eigenvalue weighted by Gasteiger charge is 2.27. The normalized spacial score (nSPS) is 17.8. The first kappa shape index (κ1) is 10.4. The molecule has 2 rings (SSSR count). The van der Waals surface area contributed by atoms with Crippen LogP contribution >= 0.6 is 0 Å². The van der Waals surface area contributed by atoms with Gasteiger partial charge in [-0.3, -0.25) is 0 Å². The second-order valence-corrected chi connectivity index (χ2v) is 4.08. The highest BCUT2D eigenvalue weighted by molar-refractivity contribution is 5.37. The summed E-state index contributed by atoms with van der Waals surface area (Å²) < 4.78 is 26.3. The van der Waals surface area contributed by atoms with Crippen LogP contribution in [-0.2, 0) is 0 Å². The molecular formula is C11H13F2NO. The van der Waals surface area contributed by atoms with Crippen LogP contribution in [0.2, 0.25) is 0 Å². The molecule has 15 heavy (non-hydrogen) atoms. The summed E-state index contributed by atoms with van der Waals surface area (Å²) in [4.78, 5) is 0. The van der Waals surface area contributed by atoms with E-state index in [0.29, 0.717) is 12.3 Å². The maximum atomic E-state index is 13.3. The highest BCUT2D eigenvalue weighted by Crippen LogP contribution is 2.39. The molecule has 1 aliphatic rings. The molecule has 1 fully saturated rings. The summed E-state index contributed by atoms with van der Waals surface area (Å²) >= 11 is 0. The van der Waals surface area contributed by atoms with Gasteiger partial charge in [0.2, 0.25) is 0 Å². The van der Waals surface area contributed by atoms with E-state index in [9.17, 15) is 13.9 Å². The zero-order chi connectivity index (χ0) is 11.0. The van der Waals surface area contributed by atoms with Gasteiger partial charge in [0.1, 0.15) is 5.82 Å². The second kappa shape index (κ2) is 3.77.